The van der Waals surface area contributed by atoms with Crippen LogP contribution in [0.5, 0.6) is 5.75 Å². The van der Waals surface area contributed by atoms with E-state index in [9.17, 15) is 0 Å². The maximum atomic E-state index is 8.74. The molecule has 1 N–H and O–H groups in total. The average molecular weight is 261 g/mol. The van der Waals surface area contributed by atoms with Crippen molar-refractivity contribution in [2.75, 3.05) is 12.4 Å². The van der Waals surface area contributed by atoms with Crippen LogP contribution in [0.15, 0.2) is 30.6 Å². The molecule has 90 valence electrons. The Bertz CT molecular complexity index is 609. The molecule has 0 fully saturated rings. The Morgan fingerprint density at radius 2 is 2.17 bits per heavy atom. The van der Waals surface area contributed by atoms with Gasteiger partial charge in [0.1, 0.15) is 29.7 Å². The standard InChI is InChI=1S/C12H9ClN4O/c1-18-9-2-3-11(10(13)5-9)17-12-4-8(6-14)15-7-16-12/h2-5,7H,1H3,(H,15,16,17). The van der Waals surface area contributed by atoms with E-state index < -0.39 is 0 Å². The predicted molar refractivity (Wildman–Crippen MR) is 68.0 cm³/mol. The molecule has 0 aliphatic rings. The lowest BCUT2D eigenvalue weighted by Crippen LogP contribution is -1.96. The summed E-state index contributed by atoms with van der Waals surface area (Å²) in [5.41, 5.74) is 0.970. The Morgan fingerprint density at radius 1 is 1.33 bits per heavy atom. The molecule has 0 amide bonds. The van der Waals surface area contributed by atoms with E-state index in [1.54, 1.807) is 31.4 Å². The lowest BCUT2D eigenvalue weighted by Gasteiger charge is -2.08. The second kappa shape index (κ2) is 5.34. The summed E-state index contributed by atoms with van der Waals surface area (Å²) in [5, 5.41) is 12.3. The van der Waals surface area contributed by atoms with Crippen molar-refractivity contribution in [3.63, 3.8) is 0 Å². The molecule has 1 aromatic carbocycles. The number of benzene rings is 1. The van der Waals surface area contributed by atoms with Gasteiger partial charge in [-0.25, -0.2) is 9.97 Å². The fourth-order valence-corrected chi connectivity index (χ4v) is 1.57. The summed E-state index contributed by atoms with van der Waals surface area (Å²) in [4.78, 5) is 7.79. The largest absolute Gasteiger partial charge is 0.497 e. The minimum Gasteiger partial charge on any atom is -0.497 e. The maximum Gasteiger partial charge on any atom is 0.145 e. The van der Waals surface area contributed by atoms with Crippen LogP contribution in [0.25, 0.3) is 0 Å². The van der Waals surface area contributed by atoms with Gasteiger partial charge in [0.05, 0.1) is 17.8 Å². The van der Waals surface area contributed by atoms with Crippen molar-refractivity contribution in [2.24, 2.45) is 0 Å². The number of hydrogen-bond acceptors (Lipinski definition) is 5. The van der Waals surface area contributed by atoms with Crippen molar-refractivity contribution in [2.45, 2.75) is 0 Å². The van der Waals surface area contributed by atoms with Crippen LogP contribution in [0.1, 0.15) is 5.69 Å². The zero-order chi connectivity index (χ0) is 13.0. The summed E-state index contributed by atoms with van der Waals surface area (Å²) in [5.74, 6) is 1.18. The molecule has 0 radical (unpaired) electrons. The van der Waals surface area contributed by atoms with Crippen LogP contribution in [-0.4, -0.2) is 17.1 Å². The van der Waals surface area contributed by atoms with Crippen LogP contribution < -0.4 is 10.1 Å². The number of nitriles is 1. The molecule has 18 heavy (non-hydrogen) atoms. The number of anilines is 2. The quantitative estimate of drug-likeness (QED) is 0.919. The van der Waals surface area contributed by atoms with E-state index in [0.717, 1.165) is 0 Å². The van der Waals surface area contributed by atoms with Crippen molar-refractivity contribution in [1.82, 2.24) is 9.97 Å². The number of nitrogens with one attached hydrogen (secondary N) is 1. The van der Waals surface area contributed by atoms with Crippen LogP contribution in [0.4, 0.5) is 11.5 Å². The smallest absolute Gasteiger partial charge is 0.145 e. The normalized spacial score (nSPS) is 9.61. The van der Waals surface area contributed by atoms with Crippen LogP contribution >= 0.6 is 11.6 Å². The highest BCUT2D eigenvalue weighted by atomic mass is 35.5. The second-order valence-electron chi connectivity index (χ2n) is 3.37. The van der Waals surface area contributed by atoms with Crippen LogP contribution in [0, 0.1) is 11.3 Å². The monoisotopic (exact) mass is 260 g/mol. The number of halogens is 1. The van der Waals surface area contributed by atoms with E-state index in [0.29, 0.717) is 22.3 Å². The molecule has 0 atom stereocenters. The summed E-state index contributed by atoms with van der Waals surface area (Å²) in [6, 6.07) is 8.73. The fourth-order valence-electron chi connectivity index (χ4n) is 1.35. The molecule has 2 aromatic rings. The van der Waals surface area contributed by atoms with Gasteiger partial charge >= 0.3 is 0 Å². The lowest BCUT2D eigenvalue weighted by atomic mass is 10.3. The molecule has 5 nitrogen and oxygen atoms in total. The molecule has 0 spiro atoms. The first-order valence-electron chi connectivity index (χ1n) is 5.05. The first-order chi connectivity index (χ1) is 8.72. The van der Waals surface area contributed by atoms with E-state index in [1.807, 2.05) is 6.07 Å². The number of aromatic nitrogens is 2. The van der Waals surface area contributed by atoms with E-state index in [1.165, 1.54) is 6.33 Å². The van der Waals surface area contributed by atoms with Gasteiger partial charge in [0.15, 0.2) is 0 Å². The molecule has 6 heteroatoms. The zero-order valence-corrected chi connectivity index (χ0v) is 10.3. The average Bonchev–Trinajstić information content (AvgIpc) is 2.41. The molecule has 2 rings (SSSR count). The van der Waals surface area contributed by atoms with Gasteiger partial charge in [-0.3, -0.25) is 0 Å². The molecule has 1 aromatic heterocycles. The Balaban J connectivity index is 2.26. The molecule has 0 bridgehead atoms. The third-order valence-corrected chi connectivity index (χ3v) is 2.53. The van der Waals surface area contributed by atoms with Crippen LogP contribution in [0.2, 0.25) is 5.02 Å². The third kappa shape index (κ3) is 2.67. The Hall–Kier alpha value is -2.32. The molecule has 0 saturated carbocycles. The van der Waals surface area contributed by atoms with Gasteiger partial charge in [0.25, 0.3) is 0 Å². The summed E-state index contributed by atoms with van der Waals surface area (Å²) in [6.07, 6.45) is 1.32. The van der Waals surface area contributed by atoms with Crippen molar-refractivity contribution >= 4 is 23.1 Å². The summed E-state index contributed by atoms with van der Waals surface area (Å²) >= 11 is 6.08. The molecule has 0 saturated heterocycles. The van der Waals surface area contributed by atoms with Gasteiger partial charge in [0, 0.05) is 12.1 Å². The zero-order valence-electron chi connectivity index (χ0n) is 9.51. The summed E-state index contributed by atoms with van der Waals surface area (Å²) < 4.78 is 5.06. The van der Waals surface area contributed by atoms with Crippen LogP contribution in [0.3, 0.4) is 0 Å². The third-order valence-electron chi connectivity index (χ3n) is 2.22. The number of rotatable bonds is 3. The molecular weight excluding hydrogens is 252 g/mol. The first kappa shape index (κ1) is 12.1. The molecule has 0 unspecified atom stereocenters. The highest BCUT2D eigenvalue weighted by Crippen LogP contribution is 2.28. The molecule has 0 aliphatic carbocycles. The summed E-state index contributed by atoms with van der Waals surface area (Å²) in [6.45, 7) is 0. The van der Waals surface area contributed by atoms with Crippen molar-refractivity contribution < 1.29 is 4.74 Å². The number of ether oxygens (including phenoxy) is 1. The van der Waals surface area contributed by atoms with Gasteiger partial charge in [-0.1, -0.05) is 11.6 Å². The number of methoxy groups -OCH3 is 1. The van der Waals surface area contributed by atoms with E-state index in [-0.39, 0.29) is 5.69 Å². The minimum absolute atomic E-state index is 0.289. The number of nitrogens with zero attached hydrogens (tertiary/aromatic N) is 3. The van der Waals surface area contributed by atoms with Gasteiger partial charge in [-0.05, 0) is 12.1 Å². The van der Waals surface area contributed by atoms with Crippen molar-refractivity contribution in [3.8, 4) is 11.8 Å². The van der Waals surface area contributed by atoms with E-state index in [4.69, 9.17) is 21.6 Å². The second-order valence-corrected chi connectivity index (χ2v) is 3.78. The minimum atomic E-state index is 0.289. The Morgan fingerprint density at radius 3 is 2.83 bits per heavy atom. The predicted octanol–water partition coefficient (Wildman–Crippen LogP) is 2.75. The van der Waals surface area contributed by atoms with Gasteiger partial charge in [-0.15, -0.1) is 0 Å². The van der Waals surface area contributed by atoms with E-state index >= 15 is 0 Å². The Kier molecular flexibility index (Phi) is 3.60. The molecule has 1 heterocycles. The topological polar surface area (TPSA) is 70.8 Å². The highest BCUT2D eigenvalue weighted by Gasteiger charge is 2.04. The highest BCUT2D eigenvalue weighted by molar-refractivity contribution is 6.33. The van der Waals surface area contributed by atoms with Gasteiger partial charge in [0.2, 0.25) is 0 Å². The number of hydrogen-bond donors (Lipinski definition) is 1. The maximum absolute atomic E-state index is 8.74. The van der Waals surface area contributed by atoms with Crippen LogP contribution in [-0.2, 0) is 0 Å². The fraction of sp³-hybridized carbons (Fsp3) is 0.0833. The van der Waals surface area contributed by atoms with Crippen molar-refractivity contribution in [3.05, 3.63) is 41.3 Å². The van der Waals surface area contributed by atoms with Gasteiger partial charge in [-0.2, -0.15) is 5.26 Å². The van der Waals surface area contributed by atoms with E-state index in [2.05, 4.69) is 15.3 Å². The lowest BCUT2D eigenvalue weighted by molar-refractivity contribution is 0.415. The van der Waals surface area contributed by atoms with Gasteiger partial charge < -0.3 is 10.1 Å². The SMILES string of the molecule is COc1ccc(Nc2cc(C#N)ncn2)c(Cl)c1. The van der Waals surface area contributed by atoms with Crippen molar-refractivity contribution in [1.29, 1.82) is 5.26 Å². The summed E-state index contributed by atoms with van der Waals surface area (Å²) in [7, 11) is 1.57. The first-order valence-corrected chi connectivity index (χ1v) is 5.43. The molecule has 0 aliphatic heterocycles. The Labute approximate surface area is 109 Å². The molecular formula is C12H9ClN4O.